The SMILES string of the molecule is O=C(NC1=CC=CC2N=CN=C(Nc3ccc(F)c(Cl)c3)C2=C1)[C@H]1CCCN1C(=O)C(F)Cl. The summed E-state index contributed by atoms with van der Waals surface area (Å²) in [6, 6.07) is 3.03. The number of hydrogen-bond acceptors (Lipinski definition) is 5. The first kappa shape index (κ1) is 23.1. The minimum Gasteiger partial charge on any atom is -0.340 e. The predicted molar refractivity (Wildman–Crippen MR) is 124 cm³/mol. The van der Waals surface area contributed by atoms with Crippen molar-refractivity contribution in [1.82, 2.24) is 10.2 Å². The highest BCUT2D eigenvalue weighted by molar-refractivity contribution is 6.31. The second-order valence-electron chi connectivity index (χ2n) is 7.53. The van der Waals surface area contributed by atoms with Crippen molar-refractivity contribution in [3.63, 3.8) is 0 Å². The van der Waals surface area contributed by atoms with Crippen LogP contribution in [0, 0.1) is 5.82 Å². The van der Waals surface area contributed by atoms with Crippen molar-refractivity contribution < 1.29 is 18.4 Å². The number of nitrogens with one attached hydrogen (secondary N) is 2. The maximum Gasteiger partial charge on any atom is 0.273 e. The van der Waals surface area contributed by atoms with Crippen LogP contribution in [0.15, 0.2) is 63.8 Å². The summed E-state index contributed by atoms with van der Waals surface area (Å²) in [6.07, 6.45) is 9.35. The summed E-state index contributed by atoms with van der Waals surface area (Å²) in [5.74, 6) is -1.45. The van der Waals surface area contributed by atoms with Crippen LogP contribution >= 0.6 is 23.2 Å². The molecule has 0 aromatic heterocycles. The zero-order valence-corrected chi connectivity index (χ0v) is 18.7. The van der Waals surface area contributed by atoms with Crippen molar-refractivity contribution in [2.24, 2.45) is 9.98 Å². The number of alkyl halides is 2. The number of carbonyl (C=O) groups is 2. The molecule has 1 fully saturated rings. The number of halogens is 4. The number of aliphatic imine (C=N–C) groups is 2. The molecule has 1 aromatic rings. The quantitative estimate of drug-likeness (QED) is 0.626. The Bertz CT molecular complexity index is 1130. The summed E-state index contributed by atoms with van der Waals surface area (Å²) in [7, 11) is 0. The molecule has 2 amide bonds. The van der Waals surface area contributed by atoms with Crippen LogP contribution in [0.5, 0.6) is 0 Å². The Kier molecular flexibility index (Phi) is 6.90. The van der Waals surface area contributed by atoms with Crippen LogP contribution in [0.3, 0.4) is 0 Å². The summed E-state index contributed by atoms with van der Waals surface area (Å²) < 4.78 is 26.8. The van der Waals surface area contributed by atoms with Crippen molar-refractivity contribution in [1.29, 1.82) is 0 Å². The molecule has 2 heterocycles. The maximum absolute atomic E-state index is 13.5. The van der Waals surface area contributed by atoms with Gasteiger partial charge in [0.2, 0.25) is 5.91 Å². The highest BCUT2D eigenvalue weighted by atomic mass is 35.5. The Hall–Kier alpha value is -3.04. The molecule has 7 nitrogen and oxygen atoms in total. The molecule has 33 heavy (non-hydrogen) atoms. The number of fused-ring (bicyclic) bond motifs is 1. The maximum atomic E-state index is 13.5. The number of nitrogens with zero attached hydrogens (tertiary/aromatic N) is 3. The topological polar surface area (TPSA) is 86.2 Å². The van der Waals surface area contributed by atoms with E-state index in [0.29, 0.717) is 35.6 Å². The van der Waals surface area contributed by atoms with Gasteiger partial charge < -0.3 is 15.5 Å². The largest absolute Gasteiger partial charge is 0.340 e. The summed E-state index contributed by atoms with van der Waals surface area (Å²) >= 11 is 11.2. The Balaban J connectivity index is 1.53. The molecule has 2 unspecified atom stereocenters. The minimum absolute atomic E-state index is 0.0349. The molecular formula is C22H19Cl2F2N5O2. The van der Waals surface area contributed by atoms with Gasteiger partial charge in [-0.25, -0.2) is 13.8 Å². The van der Waals surface area contributed by atoms with Gasteiger partial charge in [0.25, 0.3) is 11.5 Å². The van der Waals surface area contributed by atoms with E-state index in [9.17, 15) is 18.4 Å². The van der Waals surface area contributed by atoms with Crippen molar-refractivity contribution in [3.05, 3.63) is 64.6 Å². The fourth-order valence-corrected chi connectivity index (χ4v) is 4.10. The first-order valence-electron chi connectivity index (χ1n) is 10.1. The lowest BCUT2D eigenvalue weighted by atomic mass is 10.0. The van der Waals surface area contributed by atoms with Crippen LogP contribution in [-0.4, -0.2) is 53.1 Å². The molecule has 4 rings (SSSR count). The third-order valence-electron chi connectivity index (χ3n) is 5.36. The standard InChI is InChI=1S/C22H19Cl2F2N5O2/c23-15-10-13(6-7-16(15)25)29-20-14-9-12(3-1-4-17(14)27-11-28-20)30-21(32)18-5-2-8-31(18)22(33)19(24)26/h1,3-4,6-7,9-11,17-19H,2,5,8H2,(H,30,32)(H,27,28,29)/t17?,18-,19?/m1/s1. The van der Waals surface area contributed by atoms with Gasteiger partial charge in [0, 0.05) is 23.5 Å². The zero-order chi connectivity index (χ0) is 23.5. The van der Waals surface area contributed by atoms with Crippen LogP contribution in [0.2, 0.25) is 5.02 Å². The van der Waals surface area contributed by atoms with E-state index in [4.69, 9.17) is 23.2 Å². The zero-order valence-electron chi connectivity index (χ0n) is 17.1. The number of likely N-dealkylation sites (tertiary alicyclic amines) is 1. The van der Waals surface area contributed by atoms with Crippen molar-refractivity contribution in [3.8, 4) is 0 Å². The van der Waals surface area contributed by atoms with E-state index in [1.54, 1.807) is 18.2 Å². The number of benzene rings is 1. The number of hydrogen-bond donors (Lipinski definition) is 2. The van der Waals surface area contributed by atoms with Gasteiger partial charge in [-0.1, -0.05) is 35.4 Å². The van der Waals surface area contributed by atoms with Gasteiger partial charge in [-0.3, -0.25) is 14.6 Å². The lowest BCUT2D eigenvalue weighted by molar-refractivity contribution is -0.139. The molecule has 172 valence electrons. The van der Waals surface area contributed by atoms with Crippen molar-refractivity contribution in [2.45, 2.75) is 30.6 Å². The molecule has 2 N–H and O–H groups in total. The second kappa shape index (κ2) is 9.84. The van der Waals surface area contributed by atoms with Gasteiger partial charge in [0.15, 0.2) is 0 Å². The van der Waals surface area contributed by atoms with Crippen LogP contribution in [-0.2, 0) is 9.59 Å². The number of allylic oxidation sites excluding steroid dienone is 3. The highest BCUT2D eigenvalue weighted by Crippen LogP contribution is 2.25. The van der Waals surface area contributed by atoms with E-state index in [2.05, 4.69) is 20.6 Å². The molecule has 3 atom stereocenters. The predicted octanol–water partition coefficient (Wildman–Crippen LogP) is 3.72. The Morgan fingerprint density at radius 1 is 1.30 bits per heavy atom. The summed E-state index contributed by atoms with van der Waals surface area (Å²) in [6.45, 7) is 0.266. The lowest BCUT2D eigenvalue weighted by Crippen LogP contribution is -2.47. The summed E-state index contributed by atoms with van der Waals surface area (Å²) in [5, 5.41) is 5.85. The normalized spacial score (nSPS) is 22.5. The lowest BCUT2D eigenvalue weighted by Gasteiger charge is -2.24. The number of amides is 2. The molecule has 0 spiro atoms. The molecule has 1 aliphatic carbocycles. The molecule has 0 radical (unpaired) electrons. The average Bonchev–Trinajstić information content (AvgIpc) is 3.18. The number of rotatable bonds is 4. The van der Waals surface area contributed by atoms with E-state index in [1.165, 1.54) is 24.5 Å². The van der Waals surface area contributed by atoms with Crippen LogP contribution in [0.1, 0.15) is 12.8 Å². The second-order valence-corrected chi connectivity index (χ2v) is 8.32. The molecular weight excluding hydrogens is 475 g/mol. The highest BCUT2D eigenvalue weighted by Gasteiger charge is 2.37. The van der Waals surface area contributed by atoms with Crippen LogP contribution in [0.4, 0.5) is 14.5 Å². The van der Waals surface area contributed by atoms with Gasteiger partial charge in [-0.2, -0.15) is 0 Å². The van der Waals surface area contributed by atoms with E-state index < -0.39 is 29.3 Å². The fourth-order valence-electron chi connectivity index (χ4n) is 3.79. The van der Waals surface area contributed by atoms with Crippen molar-refractivity contribution in [2.75, 3.05) is 11.9 Å². The molecule has 0 bridgehead atoms. The van der Waals surface area contributed by atoms with Gasteiger partial charge >= 0.3 is 0 Å². The van der Waals surface area contributed by atoms with Gasteiger partial charge in [-0.15, -0.1) is 0 Å². The molecule has 0 saturated carbocycles. The smallest absolute Gasteiger partial charge is 0.273 e. The first-order valence-corrected chi connectivity index (χ1v) is 11.0. The van der Waals surface area contributed by atoms with Crippen LogP contribution < -0.4 is 10.6 Å². The van der Waals surface area contributed by atoms with E-state index in [0.717, 1.165) is 4.90 Å². The van der Waals surface area contributed by atoms with Crippen LogP contribution in [0.25, 0.3) is 0 Å². The number of carbonyl (C=O) groups excluding carboxylic acids is 2. The molecule has 11 heteroatoms. The van der Waals surface area contributed by atoms with Gasteiger partial charge in [0.05, 0.1) is 11.1 Å². The summed E-state index contributed by atoms with van der Waals surface area (Å²) in [5.41, 5.74) is -0.562. The molecule has 2 aliphatic heterocycles. The van der Waals surface area contributed by atoms with Gasteiger partial charge in [0.1, 0.15) is 24.0 Å². The summed E-state index contributed by atoms with van der Waals surface area (Å²) in [4.78, 5) is 34.6. The van der Waals surface area contributed by atoms with E-state index in [1.807, 2.05) is 6.08 Å². The average molecular weight is 494 g/mol. The number of amidine groups is 1. The Morgan fingerprint density at radius 2 is 2.12 bits per heavy atom. The Labute approximate surface area is 198 Å². The first-order chi connectivity index (χ1) is 15.8. The third-order valence-corrected chi connectivity index (χ3v) is 5.84. The third kappa shape index (κ3) is 5.15. The molecule has 3 aliphatic rings. The van der Waals surface area contributed by atoms with Crippen molar-refractivity contribution >= 4 is 52.9 Å². The monoisotopic (exact) mass is 493 g/mol. The number of anilines is 1. The minimum atomic E-state index is -2.19. The Morgan fingerprint density at radius 3 is 2.88 bits per heavy atom. The van der Waals surface area contributed by atoms with E-state index >= 15 is 0 Å². The molecule has 1 aromatic carbocycles. The van der Waals surface area contributed by atoms with E-state index in [-0.39, 0.29) is 17.6 Å². The van der Waals surface area contributed by atoms with Gasteiger partial charge in [-0.05, 0) is 43.2 Å². The fraction of sp³-hybridized carbons (Fsp3) is 0.273. The molecule has 1 saturated heterocycles.